The Morgan fingerprint density at radius 1 is 1.20 bits per heavy atom. The zero-order valence-electron chi connectivity index (χ0n) is 11.4. The lowest BCUT2D eigenvalue weighted by Gasteiger charge is -2.26. The molecule has 0 aromatic rings. The molecule has 2 heterocycles. The van der Waals surface area contributed by atoms with Gasteiger partial charge in [0.05, 0.1) is 6.54 Å². The number of carbonyl (C=O) groups is 3. The first-order valence-electron chi connectivity index (χ1n) is 6.67. The molecule has 0 aromatic carbocycles. The van der Waals surface area contributed by atoms with Crippen LogP contribution in [0.5, 0.6) is 0 Å². The highest BCUT2D eigenvalue weighted by Crippen LogP contribution is 2.05. The van der Waals surface area contributed by atoms with Crippen molar-refractivity contribution in [3.05, 3.63) is 0 Å². The van der Waals surface area contributed by atoms with Crippen LogP contribution in [-0.2, 0) is 9.59 Å². The minimum Gasteiger partial charge on any atom is -0.314 e. The molecule has 0 radical (unpaired) electrons. The second kappa shape index (κ2) is 6.58. The Hall–Kier alpha value is -1.80. The molecular formula is C12H19N5O3. The number of urea groups is 1. The van der Waals surface area contributed by atoms with E-state index in [2.05, 4.69) is 25.8 Å². The zero-order chi connectivity index (χ0) is 14.5. The molecule has 2 aliphatic rings. The van der Waals surface area contributed by atoms with Gasteiger partial charge in [0.25, 0.3) is 0 Å². The van der Waals surface area contributed by atoms with Gasteiger partial charge in [-0.1, -0.05) is 0 Å². The molecule has 2 rings (SSSR count). The van der Waals surface area contributed by atoms with Crippen LogP contribution in [0.1, 0.15) is 6.92 Å². The van der Waals surface area contributed by atoms with Crippen molar-refractivity contribution in [3.8, 4) is 0 Å². The summed E-state index contributed by atoms with van der Waals surface area (Å²) >= 11 is 0. The van der Waals surface area contributed by atoms with E-state index in [9.17, 15) is 14.4 Å². The summed E-state index contributed by atoms with van der Waals surface area (Å²) in [4.78, 5) is 40.8. The Kier molecular flexibility index (Phi) is 4.80. The number of amides is 4. The highest BCUT2D eigenvalue weighted by Gasteiger charge is 2.36. The standard InChI is InChI=1S/C12H19N5O3/c1-8(9-10(18)15-12(20)16-11(9)19)14-4-7-17-5-2-13-3-6-17/h9,13H,2-7H2,1H3,(H2,15,16,18,19,20). The van der Waals surface area contributed by atoms with E-state index in [0.29, 0.717) is 12.3 Å². The van der Waals surface area contributed by atoms with Crippen LogP contribution >= 0.6 is 0 Å². The van der Waals surface area contributed by atoms with Crippen molar-refractivity contribution >= 4 is 23.6 Å². The van der Waals surface area contributed by atoms with Gasteiger partial charge in [-0.05, 0) is 6.92 Å². The molecule has 0 atom stereocenters. The van der Waals surface area contributed by atoms with Crippen LogP contribution in [0.4, 0.5) is 4.79 Å². The van der Waals surface area contributed by atoms with Crippen molar-refractivity contribution in [2.75, 3.05) is 39.3 Å². The Bertz CT molecular complexity index is 422. The fourth-order valence-corrected chi connectivity index (χ4v) is 2.29. The number of aliphatic imine (C=N–C) groups is 1. The summed E-state index contributed by atoms with van der Waals surface area (Å²) in [6, 6.07) is -0.773. The van der Waals surface area contributed by atoms with Crippen molar-refractivity contribution in [2.45, 2.75) is 6.92 Å². The van der Waals surface area contributed by atoms with Crippen LogP contribution < -0.4 is 16.0 Å². The Morgan fingerprint density at radius 2 is 1.80 bits per heavy atom. The Labute approximate surface area is 117 Å². The van der Waals surface area contributed by atoms with Gasteiger partial charge in [-0.25, -0.2) is 4.79 Å². The molecule has 0 saturated carbocycles. The SMILES string of the molecule is CC(=NCCN1CCNCC1)C1C(=O)NC(=O)NC1=O. The molecule has 0 bridgehead atoms. The van der Waals surface area contributed by atoms with E-state index < -0.39 is 23.8 Å². The molecule has 8 heteroatoms. The van der Waals surface area contributed by atoms with Crippen LogP contribution in [0.25, 0.3) is 0 Å². The van der Waals surface area contributed by atoms with E-state index in [1.807, 2.05) is 0 Å². The second-order valence-corrected chi connectivity index (χ2v) is 4.86. The summed E-state index contributed by atoms with van der Waals surface area (Å²) in [5.74, 6) is -2.22. The molecule has 0 unspecified atom stereocenters. The molecule has 3 N–H and O–H groups in total. The number of hydrogen-bond acceptors (Lipinski definition) is 6. The minimum absolute atomic E-state index is 0.433. The van der Waals surface area contributed by atoms with Gasteiger partial charge in [-0.3, -0.25) is 30.1 Å². The normalized spacial score (nSPS) is 22.6. The summed E-state index contributed by atoms with van der Waals surface area (Å²) in [7, 11) is 0. The van der Waals surface area contributed by atoms with E-state index in [4.69, 9.17) is 0 Å². The van der Waals surface area contributed by atoms with Gasteiger partial charge in [-0.15, -0.1) is 0 Å². The number of imide groups is 2. The van der Waals surface area contributed by atoms with Crippen molar-refractivity contribution in [2.24, 2.45) is 10.9 Å². The smallest absolute Gasteiger partial charge is 0.314 e. The summed E-state index contributed by atoms with van der Waals surface area (Å²) in [6.45, 7) is 6.87. The maximum absolute atomic E-state index is 11.6. The number of nitrogens with one attached hydrogen (secondary N) is 3. The lowest BCUT2D eigenvalue weighted by atomic mass is 10.0. The average molecular weight is 281 g/mol. The van der Waals surface area contributed by atoms with Crippen molar-refractivity contribution in [1.82, 2.24) is 20.9 Å². The second-order valence-electron chi connectivity index (χ2n) is 4.86. The molecule has 110 valence electrons. The topological polar surface area (TPSA) is 103 Å². The Morgan fingerprint density at radius 3 is 2.40 bits per heavy atom. The third kappa shape index (κ3) is 3.61. The molecule has 8 nitrogen and oxygen atoms in total. The summed E-state index contributed by atoms with van der Waals surface area (Å²) in [6.07, 6.45) is 0. The molecule has 2 saturated heterocycles. The molecule has 20 heavy (non-hydrogen) atoms. The Balaban J connectivity index is 1.87. The molecule has 4 amide bonds. The van der Waals surface area contributed by atoms with Gasteiger partial charge in [0.15, 0.2) is 5.92 Å². The van der Waals surface area contributed by atoms with E-state index in [-0.39, 0.29) is 0 Å². The number of carbonyl (C=O) groups excluding carboxylic acids is 3. The third-order valence-electron chi connectivity index (χ3n) is 3.40. The maximum atomic E-state index is 11.6. The van der Waals surface area contributed by atoms with Gasteiger partial charge < -0.3 is 5.32 Å². The lowest BCUT2D eigenvalue weighted by Crippen LogP contribution is -2.57. The minimum atomic E-state index is -1.00. The molecule has 0 spiro atoms. The molecule has 2 fully saturated rings. The highest BCUT2D eigenvalue weighted by atomic mass is 16.2. The van der Waals surface area contributed by atoms with Crippen molar-refractivity contribution in [1.29, 1.82) is 0 Å². The number of piperazine rings is 1. The first-order valence-corrected chi connectivity index (χ1v) is 6.67. The summed E-state index contributed by atoms with van der Waals surface area (Å²) in [5, 5.41) is 7.41. The van der Waals surface area contributed by atoms with Crippen LogP contribution in [-0.4, -0.2) is 67.7 Å². The summed E-state index contributed by atoms with van der Waals surface area (Å²) < 4.78 is 0. The van der Waals surface area contributed by atoms with Crippen LogP contribution in [0.3, 0.4) is 0 Å². The molecule has 2 aliphatic heterocycles. The molecule has 0 aromatic heterocycles. The first kappa shape index (κ1) is 14.6. The summed E-state index contributed by atoms with van der Waals surface area (Å²) in [5.41, 5.74) is 0.433. The number of barbiturate groups is 1. The van der Waals surface area contributed by atoms with E-state index in [0.717, 1.165) is 32.7 Å². The van der Waals surface area contributed by atoms with E-state index in [1.165, 1.54) is 0 Å². The fraction of sp³-hybridized carbons (Fsp3) is 0.667. The zero-order valence-corrected chi connectivity index (χ0v) is 11.4. The van der Waals surface area contributed by atoms with Crippen LogP contribution in [0.15, 0.2) is 4.99 Å². The van der Waals surface area contributed by atoms with Crippen LogP contribution in [0, 0.1) is 5.92 Å². The lowest BCUT2D eigenvalue weighted by molar-refractivity contribution is -0.132. The van der Waals surface area contributed by atoms with E-state index in [1.54, 1.807) is 6.92 Å². The maximum Gasteiger partial charge on any atom is 0.328 e. The fourth-order valence-electron chi connectivity index (χ4n) is 2.29. The predicted octanol–water partition coefficient (Wildman–Crippen LogP) is -1.67. The highest BCUT2D eigenvalue weighted by molar-refractivity contribution is 6.27. The third-order valence-corrected chi connectivity index (χ3v) is 3.40. The molecule has 0 aliphatic carbocycles. The number of nitrogens with zero attached hydrogens (tertiary/aromatic N) is 2. The van der Waals surface area contributed by atoms with Gasteiger partial charge >= 0.3 is 6.03 Å². The first-order chi connectivity index (χ1) is 9.58. The van der Waals surface area contributed by atoms with Crippen LogP contribution in [0.2, 0.25) is 0 Å². The number of hydrogen-bond donors (Lipinski definition) is 3. The number of rotatable bonds is 4. The van der Waals surface area contributed by atoms with Gasteiger partial charge in [0.1, 0.15) is 0 Å². The van der Waals surface area contributed by atoms with Crippen molar-refractivity contribution < 1.29 is 14.4 Å². The largest absolute Gasteiger partial charge is 0.328 e. The predicted molar refractivity (Wildman–Crippen MR) is 72.5 cm³/mol. The average Bonchev–Trinajstić information content (AvgIpc) is 2.38. The van der Waals surface area contributed by atoms with Gasteiger partial charge in [0, 0.05) is 38.4 Å². The van der Waals surface area contributed by atoms with Gasteiger partial charge in [-0.2, -0.15) is 0 Å². The monoisotopic (exact) mass is 281 g/mol. The quantitative estimate of drug-likeness (QED) is 0.422. The molecular weight excluding hydrogens is 262 g/mol. The van der Waals surface area contributed by atoms with Crippen molar-refractivity contribution in [3.63, 3.8) is 0 Å². The van der Waals surface area contributed by atoms with E-state index >= 15 is 0 Å². The van der Waals surface area contributed by atoms with Gasteiger partial charge in [0.2, 0.25) is 11.8 Å².